The molecule has 2 heterocycles. The first-order chi connectivity index (χ1) is 13.8. The smallest absolute Gasteiger partial charge is 0.225 e. The van der Waals surface area contributed by atoms with Gasteiger partial charge in [0.1, 0.15) is 10.6 Å². The number of carbonyl (C=O) groups is 1. The molecule has 1 N–H and O–H groups in total. The van der Waals surface area contributed by atoms with Crippen molar-refractivity contribution < 1.29 is 17.9 Å². The molecule has 7 heteroatoms. The second kappa shape index (κ2) is 7.31. The van der Waals surface area contributed by atoms with Crippen LogP contribution in [0.4, 0.5) is 5.69 Å². The van der Waals surface area contributed by atoms with Crippen molar-refractivity contribution in [1.82, 2.24) is 0 Å². The third-order valence-corrected chi connectivity index (χ3v) is 8.39. The molecule has 0 saturated heterocycles. The molecule has 0 saturated carbocycles. The molecule has 0 bridgehead atoms. The van der Waals surface area contributed by atoms with Gasteiger partial charge in [-0.05, 0) is 54.8 Å². The molecule has 150 valence electrons. The number of amides is 1. The summed E-state index contributed by atoms with van der Waals surface area (Å²) < 4.78 is 31.6. The number of nitrogens with one attached hydrogen (secondary N) is 1. The molecule has 3 aromatic rings. The zero-order chi connectivity index (χ0) is 20.8. The van der Waals surface area contributed by atoms with Crippen LogP contribution < -0.4 is 10.1 Å². The van der Waals surface area contributed by atoms with Crippen LogP contribution in [0, 0.1) is 13.8 Å². The van der Waals surface area contributed by atoms with Crippen molar-refractivity contribution in [2.45, 2.75) is 36.0 Å². The Morgan fingerprint density at radius 3 is 2.45 bits per heavy atom. The van der Waals surface area contributed by atoms with Gasteiger partial charge in [-0.15, -0.1) is 11.3 Å². The molecule has 0 radical (unpaired) electrons. The number of hydrogen-bond acceptors (Lipinski definition) is 5. The molecular formula is C22H21NO4S2. The number of thiophene rings is 1. The van der Waals surface area contributed by atoms with Gasteiger partial charge in [0.15, 0.2) is 0 Å². The summed E-state index contributed by atoms with van der Waals surface area (Å²) in [5.41, 5.74) is 3.77. The van der Waals surface area contributed by atoms with E-state index < -0.39 is 9.84 Å². The molecule has 0 aliphatic carbocycles. The van der Waals surface area contributed by atoms with E-state index >= 15 is 0 Å². The fourth-order valence-corrected chi connectivity index (χ4v) is 6.44. The van der Waals surface area contributed by atoms with Crippen molar-refractivity contribution in [3.63, 3.8) is 0 Å². The molecule has 1 amide bonds. The van der Waals surface area contributed by atoms with Crippen LogP contribution in [0.1, 0.15) is 33.9 Å². The van der Waals surface area contributed by atoms with Gasteiger partial charge in [0.2, 0.25) is 15.7 Å². The summed E-state index contributed by atoms with van der Waals surface area (Å²) in [5.74, 6) is 0.257. The minimum atomic E-state index is -3.77. The number of fused-ring (bicyclic) bond motifs is 1. The number of ether oxygens (including phenoxy) is 1. The SMILES string of the molecule is COc1ccc(S(=O)(=O)c2csc3c2NC(=O)CC3c2ccc(C)c(C)c2)cc1. The summed E-state index contributed by atoms with van der Waals surface area (Å²) in [6.45, 7) is 4.08. The van der Waals surface area contributed by atoms with Crippen LogP contribution in [0.15, 0.2) is 57.6 Å². The monoisotopic (exact) mass is 427 g/mol. The van der Waals surface area contributed by atoms with Crippen molar-refractivity contribution in [3.05, 3.63) is 69.4 Å². The van der Waals surface area contributed by atoms with Gasteiger partial charge in [-0.25, -0.2) is 8.42 Å². The molecular weight excluding hydrogens is 406 g/mol. The molecule has 1 aliphatic rings. The Labute approximate surface area is 174 Å². The standard InChI is InChI=1S/C22H21NO4S2/c1-13-4-5-15(10-14(13)2)18-11-20(24)23-21-19(12-28-22(18)21)29(25,26)17-8-6-16(27-3)7-9-17/h4-10,12,18H,11H2,1-3H3,(H,23,24). The summed E-state index contributed by atoms with van der Waals surface area (Å²) in [4.78, 5) is 13.6. The zero-order valence-corrected chi connectivity index (χ0v) is 18.0. The first kappa shape index (κ1) is 19.7. The van der Waals surface area contributed by atoms with Gasteiger partial charge in [0.05, 0.1) is 17.7 Å². The summed E-state index contributed by atoms with van der Waals surface area (Å²) in [6.07, 6.45) is 0.304. The average molecular weight is 428 g/mol. The maximum absolute atomic E-state index is 13.2. The second-order valence-electron chi connectivity index (χ2n) is 7.17. The quantitative estimate of drug-likeness (QED) is 0.656. The maximum Gasteiger partial charge on any atom is 0.225 e. The first-order valence-corrected chi connectivity index (χ1v) is 11.5. The van der Waals surface area contributed by atoms with Gasteiger partial charge in [-0.1, -0.05) is 18.2 Å². The molecule has 1 aliphatic heterocycles. The molecule has 0 fully saturated rings. The van der Waals surface area contributed by atoms with Gasteiger partial charge < -0.3 is 10.1 Å². The van der Waals surface area contributed by atoms with E-state index in [1.165, 1.54) is 36.1 Å². The van der Waals surface area contributed by atoms with Crippen LogP contribution in [-0.2, 0) is 14.6 Å². The molecule has 5 nitrogen and oxygen atoms in total. The van der Waals surface area contributed by atoms with Crippen molar-refractivity contribution in [3.8, 4) is 5.75 Å². The van der Waals surface area contributed by atoms with Gasteiger partial charge in [0, 0.05) is 22.6 Å². The molecule has 1 atom stereocenters. The number of hydrogen-bond donors (Lipinski definition) is 1. The molecule has 4 rings (SSSR count). The average Bonchev–Trinajstić information content (AvgIpc) is 3.14. The van der Waals surface area contributed by atoms with Crippen LogP contribution >= 0.6 is 11.3 Å². The fourth-order valence-electron chi connectivity index (χ4n) is 3.53. The van der Waals surface area contributed by atoms with Crippen LogP contribution in [0.25, 0.3) is 0 Å². The number of carbonyl (C=O) groups excluding carboxylic acids is 1. The summed E-state index contributed by atoms with van der Waals surface area (Å²) in [6, 6.07) is 12.4. The normalized spacial score (nSPS) is 16.2. The highest BCUT2D eigenvalue weighted by molar-refractivity contribution is 7.91. The Morgan fingerprint density at radius 1 is 1.07 bits per heavy atom. The van der Waals surface area contributed by atoms with Crippen molar-refractivity contribution in [2.24, 2.45) is 0 Å². The van der Waals surface area contributed by atoms with E-state index in [0.29, 0.717) is 17.9 Å². The van der Waals surface area contributed by atoms with E-state index in [9.17, 15) is 13.2 Å². The Balaban J connectivity index is 1.80. The highest BCUT2D eigenvalue weighted by atomic mass is 32.2. The summed E-state index contributed by atoms with van der Waals surface area (Å²) in [7, 11) is -2.24. The lowest BCUT2D eigenvalue weighted by atomic mass is 9.89. The third-order valence-electron chi connectivity index (χ3n) is 5.35. The van der Waals surface area contributed by atoms with Gasteiger partial charge in [-0.3, -0.25) is 4.79 Å². The molecule has 1 unspecified atom stereocenters. The third kappa shape index (κ3) is 3.45. The molecule has 0 spiro atoms. The Bertz CT molecular complexity index is 1190. The van der Waals surface area contributed by atoms with E-state index in [0.717, 1.165) is 16.0 Å². The number of methoxy groups -OCH3 is 1. The van der Waals surface area contributed by atoms with E-state index in [1.807, 2.05) is 26.0 Å². The predicted molar refractivity (Wildman–Crippen MR) is 114 cm³/mol. The lowest BCUT2D eigenvalue weighted by Gasteiger charge is -2.24. The van der Waals surface area contributed by atoms with Crippen LogP contribution in [0.5, 0.6) is 5.75 Å². The van der Waals surface area contributed by atoms with Crippen LogP contribution in [-0.4, -0.2) is 21.4 Å². The molecule has 1 aromatic heterocycles. The van der Waals surface area contributed by atoms with Gasteiger partial charge in [-0.2, -0.15) is 0 Å². The highest BCUT2D eigenvalue weighted by Gasteiger charge is 2.34. The number of benzene rings is 2. The minimum Gasteiger partial charge on any atom is -0.497 e. The van der Waals surface area contributed by atoms with Crippen LogP contribution in [0.2, 0.25) is 0 Å². The number of anilines is 1. The molecule has 29 heavy (non-hydrogen) atoms. The lowest BCUT2D eigenvalue weighted by Crippen LogP contribution is -2.23. The van der Waals surface area contributed by atoms with E-state index in [1.54, 1.807) is 17.5 Å². The van der Waals surface area contributed by atoms with Gasteiger partial charge in [0.25, 0.3) is 0 Å². The van der Waals surface area contributed by atoms with E-state index in [4.69, 9.17) is 4.74 Å². The lowest BCUT2D eigenvalue weighted by molar-refractivity contribution is -0.116. The highest BCUT2D eigenvalue weighted by Crippen LogP contribution is 2.46. The Morgan fingerprint density at radius 2 is 1.79 bits per heavy atom. The first-order valence-electron chi connectivity index (χ1n) is 9.19. The van der Waals surface area contributed by atoms with E-state index in [-0.39, 0.29) is 21.6 Å². The predicted octanol–water partition coefficient (Wildman–Crippen LogP) is 4.68. The largest absolute Gasteiger partial charge is 0.497 e. The number of rotatable bonds is 4. The number of sulfone groups is 1. The van der Waals surface area contributed by atoms with Crippen LogP contribution in [0.3, 0.4) is 0 Å². The molecule has 2 aromatic carbocycles. The number of aryl methyl sites for hydroxylation is 2. The summed E-state index contributed by atoms with van der Waals surface area (Å²) in [5, 5.41) is 4.43. The van der Waals surface area contributed by atoms with Crippen molar-refractivity contribution in [1.29, 1.82) is 0 Å². The second-order valence-corrected chi connectivity index (χ2v) is 10.00. The van der Waals surface area contributed by atoms with E-state index in [2.05, 4.69) is 11.4 Å². The minimum absolute atomic E-state index is 0.143. The maximum atomic E-state index is 13.2. The van der Waals surface area contributed by atoms with Crippen molar-refractivity contribution in [2.75, 3.05) is 12.4 Å². The van der Waals surface area contributed by atoms with Crippen molar-refractivity contribution >= 4 is 32.8 Å². The Kier molecular flexibility index (Phi) is 4.96. The summed E-state index contributed by atoms with van der Waals surface area (Å²) >= 11 is 1.38. The fraction of sp³-hybridized carbons (Fsp3) is 0.227. The Hall–Kier alpha value is -2.64. The zero-order valence-electron chi connectivity index (χ0n) is 16.4. The van der Waals surface area contributed by atoms with Gasteiger partial charge >= 0.3 is 0 Å². The topological polar surface area (TPSA) is 72.5 Å².